The number of aromatic nitrogens is 3. The van der Waals surface area contributed by atoms with Crippen LogP contribution in [0.5, 0.6) is 0 Å². The fourth-order valence-electron chi connectivity index (χ4n) is 3.38. The SMILES string of the molecule is Cc1ncc(-c2ccc(CC(F)(F)F)n2C)c2c1[nH]c1ccccc12. The Bertz CT molecular complexity index is 1090. The van der Waals surface area contributed by atoms with E-state index < -0.39 is 12.6 Å². The van der Waals surface area contributed by atoms with Gasteiger partial charge in [0, 0.05) is 40.8 Å². The maximum absolute atomic E-state index is 12.8. The molecule has 0 atom stereocenters. The molecule has 4 aromatic rings. The maximum atomic E-state index is 12.8. The van der Waals surface area contributed by atoms with Crippen LogP contribution in [0.1, 0.15) is 11.4 Å². The number of rotatable bonds is 2. The molecule has 0 unspecified atom stereocenters. The van der Waals surface area contributed by atoms with Crippen LogP contribution in [0.25, 0.3) is 33.1 Å². The molecule has 0 radical (unpaired) electrons. The Morgan fingerprint density at radius 2 is 1.88 bits per heavy atom. The molecule has 0 spiro atoms. The molecule has 0 bridgehead atoms. The summed E-state index contributed by atoms with van der Waals surface area (Å²) in [6, 6.07) is 11.2. The summed E-state index contributed by atoms with van der Waals surface area (Å²) in [5.74, 6) is 0. The molecule has 3 heterocycles. The van der Waals surface area contributed by atoms with E-state index in [2.05, 4.69) is 9.97 Å². The summed E-state index contributed by atoms with van der Waals surface area (Å²) in [5, 5.41) is 2.03. The van der Waals surface area contributed by atoms with Gasteiger partial charge in [0.1, 0.15) is 0 Å². The number of alkyl halides is 3. The van der Waals surface area contributed by atoms with Crippen LogP contribution in [0.3, 0.4) is 0 Å². The Kier molecular flexibility index (Phi) is 3.39. The minimum Gasteiger partial charge on any atom is -0.353 e. The van der Waals surface area contributed by atoms with Crippen molar-refractivity contribution in [3.63, 3.8) is 0 Å². The van der Waals surface area contributed by atoms with Crippen molar-refractivity contribution in [3.8, 4) is 11.3 Å². The molecule has 0 saturated carbocycles. The van der Waals surface area contributed by atoms with Gasteiger partial charge in [-0.25, -0.2) is 0 Å². The first-order valence-corrected chi connectivity index (χ1v) is 7.93. The monoisotopic (exact) mass is 343 g/mol. The molecule has 0 aliphatic rings. The first kappa shape index (κ1) is 15.7. The van der Waals surface area contributed by atoms with Crippen LogP contribution in [0.2, 0.25) is 0 Å². The summed E-state index contributed by atoms with van der Waals surface area (Å²) in [4.78, 5) is 7.81. The van der Waals surface area contributed by atoms with E-state index in [4.69, 9.17) is 0 Å². The van der Waals surface area contributed by atoms with Crippen molar-refractivity contribution in [2.24, 2.45) is 7.05 Å². The largest absolute Gasteiger partial charge is 0.394 e. The van der Waals surface area contributed by atoms with Crippen LogP contribution in [-0.4, -0.2) is 20.7 Å². The van der Waals surface area contributed by atoms with Gasteiger partial charge >= 0.3 is 6.18 Å². The second-order valence-corrected chi connectivity index (χ2v) is 6.24. The molecular weight excluding hydrogens is 327 g/mol. The Hall–Kier alpha value is -2.76. The molecule has 1 aromatic carbocycles. The topological polar surface area (TPSA) is 33.6 Å². The first-order chi connectivity index (χ1) is 11.8. The Balaban J connectivity index is 1.98. The number of hydrogen-bond acceptors (Lipinski definition) is 1. The normalized spacial score (nSPS) is 12.4. The van der Waals surface area contributed by atoms with Gasteiger partial charge in [-0.05, 0) is 25.1 Å². The van der Waals surface area contributed by atoms with Crippen LogP contribution in [-0.2, 0) is 13.5 Å². The van der Waals surface area contributed by atoms with Gasteiger partial charge in [0.05, 0.1) is 23.3 Å². The number of nitrogens with one attached hydrogen (secondary N) is 1. The molecule has 128 valence electrons. The fourth-order valence-corrected chi connectivity index (χ4v) is 3.38. The van der Waals surface area contributed by atoms with Crippen LogP contribution >= 0.6 is 0 Å². The van der Waals surface area contributed by atoms with E-state index >= 15 is 0 Å². The number of hydrogen-bond donors (Lipinski definition) is 1. The Morgan fingerprint density at radius 1 is 1.12 bits per heavy atom. The minimum absolute atomic E-state index is 0.232. The lowest BCUT2D eigenvalue weighted by atomic mass is 10.1. The second-order valence-electron chi connectivity index (χ2n) is 6.24. The third-order valence-corrected chi connectivity index (χ3v) is 4.61. The first-order valence-electron chi connectivity index (χ1n) is 7.93. The number of H-pyrrole nitrogens is 1. The number of pyridine rings is 1. The van der Waals surface area contributed by atoms with Gasteiger partial charge < -0.3 is 9.55 Å². The zero-order chi connectivity index (χ0) is 17.8. The predicted molar refractivity (Wildman–Crippen MR) is 92.5 cm³/mol. The summed E-state index contributed by atoms with van der Waals surface area (Å²) < 4.78 is 39.9. The molecule has 0 aliphatic heterocycles. The summed E-state index contributed by atoms with van der Waals surface area (Å²) in [7, 11) is 1.66. The van der Waals surface area contributed by atoms with Gasteiger partial charge in [-0.2, -0.15) is 13.2 Å². The van der Waals surface area contributed by atoms with Crippen LogP contribution in [0.15, 0.2) is 42.6 Å². The molecule has 3 nitrogen and oxygen atoms in total. The van der Waals surface area contributed by atoms with E-state index in [0.717, 1.165) is 38.8 Å². The van der Waals surface area contributed by atoms with Crippen molar-refractivity contribution in [2.45, 2.75) is 19.5 Å². The lowest BCUT2D eigenvalue weighted by molar-refractivity contribution is -0.128. The Morgan fingerprint density at radius 3 is 2.64 bits per heavy atom. The molecule has 0 fully saturated rings. The number of benzene rings is 1. The van der Waals surface area contributed by atoms with E-state index in [1.807, 2.05) is 31.2 Å². The van der Waals surface area contributed by atoms with Gasteiger partial charge in [-0.15, -0.1) is 0 Å². The van der Waals surface area contributed by atoms with Crippen molar-refractivity contribution < 1.29 is 13.2 Å². The molecular formula is C19H16F3N3. The lowest BCUT2D eigenvalue weighted by Gasteiger charge is -2.11. The average Bonchev–Trinajstić information content (AvgIpc) is 3.10. The molecule has 0 aliphatic carbocycles. The molecule has 6 heteroatoms. The zero-order valence-electron chi connectivity index (χ0n) is 13.8. The number of halogens is 3. The summed E-state index contributed by atoms with van der Waals surface area (Å²) >= 11 is 0. The van der Waals surface area contributed by atoms with Crippen molar-refractivity contribution in [1.82, 2.24) is 14.5 Å². The van der Waals surface area contributed by atoms with Gasteiger partial charge in [0.15, 0.2) is 0 Å². The molecule has 1 N–H and O–H groups in total. The number of aryl methyl sites for hydroxylation is 1. The van der Waals surface area contributed by atoms with E-state index in [1.54, 1.807) is 23.9 Å². The highest BCUT2D eigenvalue weighted by Gasteiger charge is 2.29. The predicted octanol–water partition coefficient (Wildman–Crippen LogP) is 5.13. The lowest BCUT2D eigenvalue weighted by Crippen LogP contribution is -2.14. The van der Waals surface area contributed by atoms with Crippen molar-refractivity contribution in [2.75, 3.05) is 0 Å². The molecule has 4 rings (SSSR count). The van der Waals surface area contributed by atoms with Gasteiger partial charge in [0.25, 0.3) is 0 Å². The maximum Gasteiger partial charge on any atom is 0.394 e. The Labute approximate surface area is 142 Å². The third kappa shape index (κ3) is 2.58. The van der Waals surface area contributed by atoms with Crippen molar-refractivity contribution in [1.29, 1.82) is 0 Å². The smallest absolute Gasteiger partial charge is 0.353 e. The second kappa shape index (κ2) is 5.37. The summed E-state index contributed by atoms with van der Waals surface area (Å²) in [5.41, 5.74) is 4.54. The molecule has 0 amide bonds. The minimum atomic E-state index is -4.23. The van der Waals surface area contributed by atoms with E-state index in [0.29, 0.717) is 0 Å². The standard InChI is InChI=1S/C19H16F3N3/c1-11-18-17(13-5-3-4-6-15(13)24-18)14(10-23-11)16-8-7-12(25(16)2)9-19(20,21)22/h3-8,10,24H,9H2,1-2H3. The van der Waals surface area contributed by atoms with Crippen molar-refractivity contribution in [3.05, 3.63) is 54.0 Å². The number of fused-ring (bicyclic) bond motifs is 3. The highest BCUT2D eigenvalue weighted by Crippen LogP contribution is 2.36. The number of para-hydroxylation sites is 1. The number of aromatic amines is 1. The van der Waals surface area contributed by atoms with Crippen molar-refractivity contribution >= 4 is 21.8 Å². The summed E-state index contributed by atoms with van der Waals surface area (Å²) in [6.07, 6.45) is -3.44. The highest BCUT2D eigenvalue weighted by atomic mass is 19.4. The van der Waals surface area contributed by atoms with Gasteiger partial charge in [-0.3, -0.25) is 4.98 Å². The van der Waals surface area contributed by atoms with Gasteiger partial charge in [-0.1, -0.05) is 18.2 Å². The van der Waals surface area contributed by atoms with Crippen LogP contribution < -0.4 is 0 Å². The highest BCUT2D eigenvalue weighted by molar-refractivity contribution is 6.14. The fraction of sp³-hybridized carbons (Fsp3) is 0.211. The van der Waals surface area contributed by atoms with Crippen LogP contribution in [0, 0.1) is 6.92 Å². The zero-order valence-corrected chi connectivity index (χ0v) is 13.8. The van der Waals surface area contributed by atoms with E-state index in [1.165, 1.54) is 6.07 Å². The summed E-state index contributed by atoms with van der Waals surface area (Å²) in [6.45, 7) is 1.92. The quantitative estimate of drug-likeness (QED) is 0.537. The third-order valence-electron chi connectivity index (χ3n) is 4.61. The van der Waals surface area contributed by atoms with E-state index in [9.17, 15) is 13.2 Å². The molecule has 0 saturated heterocycles. The average molecular weight is 343 g/mol. The molecule has 3 aromatic heterocycles. The van der Waals surface area contributed by atoms with Crippen LogP contribution in [0.4, 0.5) is 13.2 Å². The number of nitrogens with zero attached hydrogens (tertiary/aromatic N) is 2. The van der Waals surface area contributed by atoms with E-state index in [-0.39, 0.29) is 5.69 Å². The molecule has 25 heavy (non-hydrogen) atoms. The van der Waals surface area contributed by atoms with Gasteiger partial charge in [0.2, 0.25) is 0 Å².